The number of carboxylic acids is 1. The lowest BCUT2D eigenvalue weighted by atomic mass is 9.99. The van der Waals surface area contributed by atoms with Gasteiger partial charge in [0, 0.05) is 5.56 Å². The number of ether oxygens (including phenoxy) is 2. The standard InChI is InChI=1S/C14H15NO5/c1-7-12(8(2)20-15-7)10-5-9(18-3)6-11(14(16)17)13(10)19-4/h5-6H,1-4H3,(H,16,17). The lowest BCUT2D eigenvalue weighted by Gasteiger charge is -2.13. The fourth-order valence-electron chi connectivity index (χ4n) is 2.15. The van der Waals surface area contributed by atoms with Gasteiger partial charge in [-0.05, 0) is 26.0 Å². The second-order valence-corrected chi connectivity index (χ2v) is 4.26. The molecule has 2 rings (SSSR count). The predicted octanol–water partition coefficient (Wildman–Crippen LogP) is 2.67. The Morgan fingerprint density at radius 1 is 1.25 bits per heavy atom. The van der Waals surface area contributed by atoms with Crippen molar-refractivity contribution in [1.82, 2.24) is 5.16 Å². The molecule has 1 aromatic heterocycles. The summed E-state index contributed by atoms with van der Waals surface area (Å²) in [6.45, 7) is 3.54. The van der Waals surface area contributed by atoms with E-state index in [0.29, 0.717) is 28.3 Å². The molecule has 6 heteroatoms. The molecule has 0 saturated heterocycles. The lowest BCUT2D eigenvalue weighted by molar-refractivity contribution is 0.0693. The molecule has 0 bridgehead atoms. The summed E-state index contributed by atoms with van der Waals surface area (Å²) in [5, 5.41) is 13.2. The zero-order valence-electron chi connectivity index (χ0n) is 11.7. The smallest absolute Gasteiger partial charge is 0.339 e. The number of carboxylic acid groups (broad SMARTS) is 1. The molecule has 1 N–H and O–H groups in total. The molecule has 1 heterocycles. The number of methoxy groups -OCH3 is 2. The molecule has 0 fully saturated rings. The summed E-state index contributed by atoms with van der Waals surface area (Å²) >= 11 is 0. The monoisotopic (exact) mass is 277 g/mol. The average Bonchev–Trinajstić information content (AvgIpc) is 2.76. The zero-order valence-corrected chi connectivity index (χ0v) is 11.7. The molecule has 20 heavy (non-hydrogen) atoms. The van der Waals surface area contributed by atoms with E-state index in [1.54, 1.807) is 19.9 Å². The minimum absolute atomic E-state index is 0.0295. The molecule has 0 radical (unpaired) electrons. The van der Waals surface area contributed by atoms with Gasteiger partial charge in [-0.25, -0.2) is 4.79 Å². The van der Waals surface area contributed by atoms with Crippen LogP contribution in [0.3, 0.4) is 0 Å². The third-order valence-electron chi connectivity index (χ3n) is 3.04. The third-order valence-corrected chi connectivity index (χ3v) is 3.04. The number of aryl methyl sites for hydroxylation is 2. The Labute approximate surface area is 115 Å². The van der Waals surface area contributed by atoms with E-state index in [9.17, 15) is 9.90 Å². The highest BCUT2D eigenvalue weighted by molar-refractivity contribution is 5.95. The van der Waals surface area contributed by atoms with Crippen molar-refractivity contribution < 1.29 is 23.9 Å². The minimum Gasteiger partial charge on any atom is -0.497 e. The summed E-state index contributed by atoms with van der Waals surface area (Å²) in [6, 6.07) is 3.13. The summed E-state index contributed by atoms with van der Waals surface area (Å²) in [5.74, 6) is 0.185. The third kappa shape index (κ3) is 2.20. The van der Waals surface area contributed by atoms with Gasteiger partial charge in [0.2, 0.25) is 0 Å². The summed E-state index contributed by atoms with van der Waals surface area (Å²) in [6.07, 6.45) is 0. The number of carbonyl (C=O) groups is 1. The fraction of sp³-hybridized carbons (Fsp3) is 0.286. The number of benzene rings is 1. The van der Waals surface area contributed by atoms with E-state index in [2.05, 4.69) is 5.16 Å². The van der Waals surface area contributed by atoms with Crippen LogP contribution in [0, 0.1) is 13.8 Å². The molecular formula is C14H15NO5. The Balaban J connectivity index is 2.80. The number of nitrogens with zero attached hydrogens (tertiary/aromatic N) is 1. The Bertz CT molecular complexity index is 640. The van der Waals surface area contributed by atoms with Gasteiger partial charge >= 0.3 is 5.97 Å². The van der Waals surface area contributed by atoms with Gasteiger partial charge in [-0.3, -0.25) is 0 Å². The Kier molecular flexibility index (Phi) is 3.65. The fourth-order valence-corrected chi connectivity index (χ4v) is 2.15. The molecule has 1 aromatic carbocycles. The SMILES string of the molecule is COc1cc(C(=O)O)c(OC)c(-c2c(C)noc2C)c1. The van der Waals surface area contributed by atoms with Gasteiger partial charge in [-0.1, -0.05) is 5.16 Å². The largest absolute Gasteiger partial charge is 0.497 e. The number of aromatic carboxylic acids is 1. The van der Waals surface area contributed by atoms with Crippen molar-refractivity contribution in [1.29, 1.82) is 0 Å². The first-order valence-electron chi connectivity index (χ1n) is 5.92. The van der Waals surface area contributed by atoms with Crippen LogP contribution < -0.4 is 9.47 Å². The second kappa shape index (κ2) is 5.24. The second-order valence-electron chi connectivity index (χ2n) is 4.26. The molecule has 0 aliphatic rings. The van der Waals surface area contributed by atoms with Gasteiger partial charge in [0.15, 0.2) is 0 Å². The van der Waals surface area contributed by atoms with Crippen LogP contribution in [0.2, 0.25) is 0 Å². The first-order valence-corrected chi connectivity index (χ1v) is 5.92. The quantitative estimate of drug-likeness (QED) is 0.925. The summed E-state index contributed by atoms with van der Waals surface area (Å²) in [5.41, 5.74) is 1.98. The number of hydrogen-bond donors (Lipinski definition) is 1. The Morgan fingerprint density at radius 2 is 1.95 bits per heavy atom. The molecule has 0 aliphatic carbocycles. The van der Waals surface area contributed by atoms with Gasteiger partial charge in [0.05, 0.1) is 25.5 Å². The maximum Gasteiger partial charge on any atom is 0.339 e. The molecule has 0 aliphatic heterocycles. The van der Waals surface area contributed by atoms with E-state index in [-0.39, 0.29) is 11.3 Å². The molecule has 0 atom stereocenters. The molecule has 106 valence electrons. The van der Waals surface area contributed by atoms with Crippen LogP contribution in [0.4, 0.5) is 0 Å². The highest BCUT2D eigenvalue weighted by Crippen LogP contribution is 2.39. The molecule has 0 amide bonds. The van der Waals surface area contributed by atoms with Crippen molar-refractivity contribution in [3.8, 4) is 22.6 Å². The zero-order chi connectivity index (χ0) is 14.9. The lowest BCUT2D eigenvalue weighted by Crippen LogP contribution is -2.03. The molecule has 0 saturated carbocycles. The Hall–Kier alpha value is -2.50. The summed E-state index contributed by atoms with van der Waals surface area (Å²) in [7, 11) is 2.90. The first kappa shape index (κ1) is 13.9. The number of aromatic nitrogens is 1. The van der Waals surface area contributed by atoms with E-state index in [0.717, 1.165) is 0 Å². The van der Waals surface area contributed by atoms with Crippen LogP contribution in [0.5, 0.6) is 11.5 Å². The number of hydrogen-bond acceptors (Lipinski definition) is 5. The van der Waals surface area contributed by atoms with Crippen molar-refractivity contribution in [3.05, 3.63) is 29.2 Å². The van der Waals surface area contributed by atoms with Gasteiger partial charge in [-0.15, -0.1) is 0 Å². The molecule has 6 nitrogen and oxygen atoms in total. The number of rotatable bonds is 4. The minimum atomic E-state index is -1.09. The predicted molar refractivity (Wildman–Crippen MR) is 71.5 cm³/mol. The van der Waals surface area contributed by atoms with Crippen molar-refractivity contribution in [2.24, 2.45) is 0 Å². The van der Waals surface area contributed by atoms with Crippen LogP contribution in [0.25, 0.3) is 11.1 Å². The summed E-state index contributed by atoms with van der Waals surface area (Å²) < 4.78 is 15.5. The normalized spacial score (nSPS) is 10.4. The van der Waals surface area contributed by atoms with Crippen LogP contribution >= 0.6 is 0 Å². The molecular weight excluding hydrogens is 262 g/mol. The molecule has 0 spiro atoms. The van der Waals surface area contributed by atoms with E-state index >= 15 is 0 Å². The first-order chi connectivity index (χ1) is 9.49. The summed E-state index contributed by atoms with van der Waals surface area (Å²) in [4.78, 5) is 11.4. The van der Waals surface area contributed by atoms with Crippen LogP contribution in [0.15, 0.2) is 16.7 Å². The highest BCUT2D eigenvalue weighted by atomic mass is 16.5. The molecule has 0 unspecified atom stereocenters. The van der Waals surface area contributed by atoms with Crippen LogP contribution in [-0.4, -0.2) is 30.5 Å². The maximum absolute atomic E-state index is 11.4. The van der Waals surface area contributed by atoms with Crippen molar-refractivity contribution in [3.63, 3.8) is 0 Å². The van der Waals surface area contributed by atoms with Gasteiger partial charge in [-0.2, -0.15) is 0 Å². The highest BCUT2D eigenvalue weighted by Gasteiger charge is 2.22. The van der Waals surface area contributed by atoms with E-state index in [1.807, 2.05) is 0 Å². The van der Waals surface area contributed by atoms with Gasteiger partial charge in [0.25, 0.3) is 0 Å². The van der Waals surface area contributed by atoms with Gasteiger partial charge in [0.1, 0.15) is 22.8 Å². The van der Waals surface area contributed by atoms with Crippen LogP contribution in [-0.2, 0) is 0 Å². The van der Waals surface area contributed by atoms with Crippen molar-refractivity contribution in [2.75, 3.05) is 14.2 Å². The van der Waals surface area contributed by atoms with E-state index in [1.165, 1.54) is 20.3 Å². The Morgan fingerprint density at radius 3 is 2.40 bits per heavy atom. The van der Waals surface area contributed by atoms with E-state index in [4.69, 9.17) is 14.0 Å². The van der Waals surface area contributed by atoms with Crippen molar-refractivity contribution >= 4 is 5.97 Å². The molecule has 2 aromatic rings. The van der Waals surface area contributed by atoms with E-state index < -0.39 is 5.97 Å². The topological polar surface area (TPSA) is 81.8 Å². The van der Waals surface area contributed by atoms with Crippen molar-refractivity contribution in [2.45, 2.75) is 13.8 Å². The maximum atomic E-state index is 11.4. The average molecular weight is 277 g/mol. The van der Waals surface area contributed by atoms with Gasteiger partial charge < -0.3 is 19.1 Å². The van der Waals surface area contributed by atoms with Crippen LogP contribution in [0.1, 0.15) is 21.8 Å².